The maximum Gasteiger partial charge on any atom is 0.461 e. The Kier molecular flexibility index (Phi) is 8.03. The summed E-state index contributed by atoms with van der Waals surface area (Å²) in [5, 5.41) is 2.75. The summed E-state index contributed by atoms with van der Waals surface area (Å²) in [6.45, 7) is -0.267. The van der Waals surface area contributed by atoms with Gasteiger partial charge in [0.2, 0.25) is 0 Å². The molecule has 3 aromatic rings. The van der Waals surface area contributed by atoms with Crippen molar-refractivity contribution in [3.05, 3.63) is 83.9 Å². The van der Waals surface area contributed by atoms with Gasteiger partial charge in [-0.3, -0.25) is 0 Å². The number of ether oxygens (including phenoxy) is 2. The number of hydrogen-bond acceptors (Lipinski definition) is 3. The van der Waals surface area contributed by atoms with Crippen molar-refractivity contribution in [2.75, 3.05) is 5.32 Å². The number of nitrogens with one attached hydrogen (secondary N) is 1. The van der Waals surface area contributed by atoms with Crippen LogP contribution in [0.5, 0.6) is 17.2 Å². The molecule has 0 saturated carbocycles. The van der Waals surface area contributed by atoms with E-state index in [-0.39, 0.29) is 29.3 Å². The molecule has 206 valence electrons. The highest BCUT2D eigenvalue weighted by atomic mass is 19.4. The SMILES string of the molecule is FC(F)C(F)(F)Oc1cccc(Oc2cccc(NCc3cccc(C(F)(F)C(F)(F)C(F)(F)F)c3)c2)c1. The zero-order valence-electron chi connectivity index (χ0n) is 18.7. The summed E-state index contributed by atoms with van der Waals surface area (Å²) in [5.41, 5.74) is -1.29. The zero-order valence-corrected chi connectivity index (χ0v) is 18.7. The zero-order chi connectivity index (χ0) is 28.4. The summed E-state index contributed by atoms with van der Waals surface area (Å²) in [6.07, 6.45) is -15.3. The summed E-state index contributed by atoms with van der Waals surface area (Å²) in [7, 11) is 0. The lowest BCUT2D eigenvalue weighted by Crippen LogP contribution is -2.50. The van der Waals surface area contributed by atoms with E-state index in [9.17, 15) is 48.3 Å². The smallest absolute Gasteiger partial charge is 0.457 e. The Morgan fingerprint density at radius 3 is 1.89 bits per heavy atom. The van der Waals surface area contributed by atoms with Gasteiger partial charge in [0.25, 0.3) is 0 Å². The third-order valence-electron chi connectivity index (χ3n) is 4.92. The molecular weight excluding hydrogens is 543 g/mol. The van der Waals surface area contributed by atoms with Crippen molar-refractivity contribution >= 4 is 5.69 Å². The summed E-state index contributed by atoms with van der Waals surface area (Å²) < 4.78 is 153. The number of benzene rings is 3. The second kappa shape index (κ2) is 10.6. The minimum atomic E-state index is -6.47. The molecule has 3 rings (SSSR count). The minimum Gasteiger partial charge on any atom is -0.457 e. The van der Waals surface area contributed by atoms with Crippen molar-refractivity contribution in [3.8, 4) is 17.2 Å². The maximum atomic E-state index is 14.0. The van der Waals surface area contributed by atoms with Crippen LogP contribution < -0.4 is 14.8 Å². The van der Waals surface area contributed by atoms with E-state index < -0.39 is 41.9 Å². The quantitative estimate of drug-likeness (QED) is 0.253. The van der Waals surface area contributed by atoms with Crippen molar-refractivity contribution < 1.29 is 57.8 Å². The Balaban J connectivity index is 1.71. The van der Waals surface area contributed by atoms with E-state index in [4.69, 9.17) is 4.74 Å². The third-order valence-corrected chi connectivity index (χ3v) is 4.92. The fraction of sp³-hybridized carbons (Fsp3) is 0.250. The highest BCUT2D eigenvalue weighted by Crippen LogP contribution is 2.51. The predicted molar refractivity (Wildman–Crippen MR) is 113 cm³/mol. The molecule has 0 atom stereocenters. The van der Waals surface area contributed by atoms with Crippen LogP contribution in [-0.2, 0) is 12.5 Å². The van der Waals surface area contributed by atoms with Gasteiger partial charge in [-0.15, -0.1) is 0 Å². The van der Waals surface area contributed by atoms with Gasteiger partial charge in [0.1, 0.15) is 17.2 Å². The molecule has 3 aromatic carbocycles. The van der Waals surface area contributed by atoms with E-state index in [2.05, 4.69) is 10.1 Å². The van der Waals surface area contributed by atoms with Crippen molar-refractivity contribution in [1.29, 1.82) is 0 Å². The van der Waals surface area contributed by atoms with Crippen LogP contribution in [0.15, 0.2) is 72.8 Å². The minimum absolute atomic E-state index is 0.0451. The van der Waals surface area contributed by atoms with Crippen LogP contribution in [0.3, 0.4) is 0 Å². The first-order valence-electron chi connectivity index (χ1n) is 10.4. The number of alkyl halides is 11. The van der Waals surface area contributed by atoms with Gasteiger partial charge in [-0.05, 0) is 35.9 Å². The lowest BCUT2D eigenvalue weighted by molar-refractivity contribution is -0.359. The average Bonchev–Trinajstić information content (AvgIpc) is 2.82. The summed E-state index contributed by atoms with van der Waals surface area (Å²) in [5.74, 6) is -12.4. The Hall–Kier alpha value is -3.71. The van der Waals surface area contributed by atoms with E-state index in [1.54, 1.807) is 0 Å². The topological polar surface area (TPSA) is 30.5 Å². The second-order valence-corrected chi connectivity index (χ2v) is 7.77. The lowest BCUT2D eigenvalue weighted by atomic mass is 9.99. The average molecular weight is 559 g/mol. The molecule has 38 heavy (non-hydrogen) atoms. The van der Waals surface area contributed by atoms with Gasteiger partial charge in [-0.25, -0.2) is 0 Å². The molecule has 0 fully saturated rings. The van der Waals surface area contributed by atoms with E-state index in [0.717, 1.165) is 18.2 Å². The van der Waals surface area contributed by atoms with Gasteiger partial charge in [0, 0.05) is 29.9 Å². The summed E-state index contributed by atoms with van der Waals surface area (Å²) in [4.78, 5) is 0. The molecule has 0 bridgehead atoms. The summed E-state index contributed by atoms with van der Waals surface area (Å²) in [6, 6.07) is 13.3. The van der Waals surface area contributed by atoms with E-state index in [1.807, 2.05) is 0 Å². The van der Waals surface area contributed by atoms with Gasteiger partial charge in [0.05, 0.1) is 0 Å². The summed E-state index contributed by atoms with van der Waals surface area (Å²) >= 11 is 0. The molecule has 0 aromatic heterocycles. The Labute approximate surface area is 207 Å². The maximum absolute atomic E-state index is 14.0. The number of hydrogen-bond donors (Lipinski definition) is 1. The molecule has 0 saturated heterocycles. The molecule has 0 aliphatic carbocycles. The molecule has 0 radical (unpaired) electrons. The van der Waals surface area contributed by atoms with Crippen LogP contribution in [0.2, 0.25) is 0 Å². The van der Waals surface area contributed by atoms with E-state index in [0.29, 0.717) is 12.1 Å². The van der Waals surface area contributed by atoms with Crippen molar-refractivity contribution in [1.82, 2.24) is 0 Å². The molecule has 0 spiro atoms. The molecular formula is C24H16F11NO2. The monoisotopic (exact) mass is 559 g/mol. The molecule has 14 heteroatoms. The fourth-order valence-corrected chi connectivity index (χ4v) is 3.05. The van der Waals surface area contributed by atoms with E-state index >= 15 is 0 Å². The fourth-order valence-electron chi connectivity index (χ4n) is 3.05. The van der Waals surface area contributed by atoms with Crippen LogP contribution in [0.25, 0.3) is 0 Å². The van der Waals surface area contributed by atoms with Crippen LogP contribution in [0.4, 0.5) is 54.0 Å². The Bertz CT molecular complexity index is 1250. The highest BCUT2D eigenvalue weighted by molar-refractivity contribution is 5.50. The first-order valence-corrected chi connectivity index (χ1v) is 10.4. The predicted octanol–water partition coefficient (Wildman–Crippen LogP) is 8.62. The molecule has 3 nitrogen and oxygen atoms in total. The van der Waals surface area contributed by atoms with Crippen LogP contribution >= 0.6 is 0 Å². The Morgan fingerprint density at radius 2 is 1.26 bits per heavy atom. The lowest BCUT2D eigenvalue weighted by Gasteiger charge is -2.28. The number of rotatable bonds is 10. The second-order valence-electron chi connectivity index (χ2n) is 7.77. The van der Waals surface area contributed by atoms with Gasteiger partial charge >= 0.3 is 30.6 Å². The standard InChI is InChI=1S/C24H16F11NO2/c25-20(26)22(29,30)38-19-9-3-8-18(12-19)37-17-7-2-6-16(11-17)36-13-14-4-1-5-15(10-14)21(27,28)23(31,32)24(33,34)35/h1-12,20,36H,13H2. The highest BCUT2D eigenvalue weighted by Gasteiger charge is 2.73. The molecule has 0 amide bonds. The van der Waals surface area contributed by atoms with E-state index in [1.165, 1.54) is 42.5 Å². The van der Waals surface area contributed by atoms with Crippen molar-refractivity contribution in [2.24, 2.45) is 0 Å². The number of halogens is 11. The van der Waals surface area contributed by atoms with Crippen molar-refractivity contribution in [2.45, 2.75) is 37.1 Å². The molecule has 0 aliphatic heterocycles. The van der Waals surface area contributed by atoms with Gasteiger partial charge in [0.15, 0.2) is 0 Å². The molecule has 0 unspecified atom stereocenters. The van der Waals surface area contributed by atoms with Gasteiger partial charge < -0.3 is 14.8 Å². The number of anilines is 1. The molecule has 0 heterocycles. The molecule has 0 aliphatic rings. The first-order chi connectivity index (χ1) is 17.5. The van der Waals surface area contributed by atoms with Crippen LogP contribution in [0.1, 0.15) is 11.1 Å². The van der Waals surface area contributed by atoms with Gasteiger partial charge in [-0.2, -0.15) is 48.3 Å². The van der Waals surface area contributed by atoms with Crippen molar-refractivity contribution in [3.63, 3.8) is 0 Å². The van der Waals surface area contributed by atoms with Crippen LogP contribution in [-0.4, -0.2) is 24.6 Å². The van der Waals surface area contributed by atoms with Gasteiger partial charge in [-0.1, -0.05) is 30.3 Å². The normalized spacial score (nSPS) is 12.9. The van der Waals surface area contributed by atoms with Crippen LogP contribution in [0, 0.1) is 0 Å². The first kappa shape index (κ1) is 28.9. The third kappa shape index (κ3) is 6.40. The Morgan fingerprint density at radius 1 is 0.684 bits per heavy atom. The largest absolute Gasteiger partial charge is 0.461 e. The molecule has 1 N–H and O–H groups in total.